The molecule has 1 unspecified atom stereocenters. The lowest BCUT2D eigenvalue weighted by Crippen LogP contribution is -2.37. The monoisotopic (exact) mass is 312 g/mol. The Morgan fingerprint density at radius 2 is 1.57 bits per heavy atom. The van der Waals surface area contributed by atoms with Gasteiger partial charge in [-0.05, 0) is 11.1 Å². The number of carbonyl (C=O) groups excluding carboxylic acids is 2. The molecule has 2 rings (SSSR count). The maximum atomic E-state index is 12.6. The van der Waals surface area contributed by atoms with Crippen LogP contribution in [0.3, 0.4) is 0 Å². The summed E-state index contributed by atoms with van der Waals surface area (Å²) in [6, 6.07) is 18.1. The van der Waals surface area contributed by atoms with E-state index in [9.17, 15) is 14.7 Å². The Morgan fingerprint density at radius 1 is 1.00 bits per heavy atom. The van der Waals surface area contributed by atoms with Crippen molar-refractivity contribution in [3.05, 3.63) is 71.8 Å². The third-order valence-electron chi connectivity index (χ3n) is 3.51. The number of hydrogen-bond donors (Lipinski definition) is 2. The Morgan fingerprint density at radius 3 is 2.13 bits per heavy atom. The number of benzene rings is 2. The summed E-state index contributed by atoms with van der Waals surface area (Å²) in [4.78, 5) is 25.1. The third-order valence-corrected chi connectivity index (χ3v) is 3.51. The molecule has 2 amide bonds. The Kier molecular flexibility index (Phi) is 5.88. The number of aliphatic hydroxyl groups is 1. The fourth-order valence-electron chi connectivity index (χ4n) is 2.27. The zero-order valence-electron chi connectivity index (χ0n) is 12.8. The van der Waals surface area contributed by atoms with Crippen LogP contribution in [0.25, 0.3) is 0 Å². The minimum absolute atomic E-state index is 0.0556. The third kappa shape index (κ3) is 4.93. The molecule has 3 N–H and O–H groups in total. The van der Waals surface area contributed by atoms with Crippen LogP contribution >= 0.6 is 0 Å². The second-order valence-corrected chi connectivity index (χ2v) is 5.27. The van der Waals surface area contributed by atoms with E-state index in [-0.39, 0.29) is 13.0 Å². The van der Waals surface area contributed by atoms with E-state index in [4.69, 9.17) is 5.73 Å². The number of rotatable bonds is 7. The second kappa shape index (κ2) is 8.10. The predicted octanol–water partition coefficient (Wildman–Crippen LogP) is 1.62. The van der Waals surface area contributed by atoms with Crippen LogP contribution in [-0.2, 0) is 16.1 Å². The first kappa shape index (κ1) is 16.7. The summed E-state index contributed by atoms with van der Waals surface area (Å²) in [6.45, 7) is 0.490. The summed E-state index contributed by atoms with van der Waals surface area (Å²) in [5, 5.41) is 10.3. The fourth-order valence-corrected chi connectivity index (χ4v) is 2.27. The molecule has 0 fully saturated rings. The quantitative estimate of drug-likeness (QED) is 0.815. The van der Waals surface area contributed by atoms with E-state index in [0.717, 1.165) is 5.56 Å². The van der Waals surface area contributed by atoms with Crippen molar-refractivity contribution in [3.8, 4) is 0 Å². The number of nitrogens with zero attached hydrogens (tertiary/aromatic N) is 1. The summed E-state index contributed by atoms with van der Waals surface area (Å²) in [6.07, 6.45) is -1.20. The minimum Gasteiger partial charge on any atom is -0.378 e. The molecule has 0 aliphatic heterocycles. The van der Waals surface area contributed by atoms with Gasteiger partial charge in [0, 0.05) is 19.5 Å². The van der Waals surface area contributed by atoms with Crippen LogP contribution in [0.4, 0.5) is 0 Å². The van der Waals surface area contributed by atoms with Gasteiger partial charge in [-0.2, -0.15) is 0 Å². The van der Waals surface area contributed by atoms with Crippen LogP contribution in [0.2, 0.25) is 0 Å². The highest BCUT2D eigenvalue weighted by atomic mass is 16.3. The van der Waals surface area contributed by atoms with E-state index >= 15 is 0 Å². The summed E-state index contributed by atoms with van der Waals surface area (Å²) in [5.41, 5.74) is 6.63. The number of primary amides is 1. The van der Waals surface area contributed by atoms with Gasteiger partial charge in [-0.25, -0.2) is 0 Å². The molecule has 0 aliphatic carbocycles. The average molecular weight is 312 g/mol. The van der Waals surface area contributed by atoms with Crippen molar-refractivity contribution in [3.63, 3.8) is 0 Å². The van der Waals surface area contributed by atoms with Crippen molar-refractivity contribution in [2.24, 2.45) is 5.73 Å². The van der Waals surface area contributed by atoms with Gasteiger partial charge in [0.1, 0.15) is 0 Å². The number of hydrogen-bond acceptors (Lipinski definition) is 3. The smallest absolute Gasteiger partial charge is 0.256 e. The van der Waals surface area contributed by atoms with E-state index in [1.54, 1.807) is 24.3 Å². The molecule has 5 heteroatoms. The highest BCUT2D eigenvalue weighted by Gasteiger charge is 2.24. The standard InChI is InChI=1S/C18H20N2O3/c19-16(21)11-12-20(13-14-7-3-1-4-8-14)18(23)17(22)15-9-5-2-6-10-15/h1-10,17,22H,11-13H2,(H2,19,21). The normalized spacial score (nSPS) is 11.7. The van der Waals surface area contributed by atoms with Crippen LogP contribution in [0.1, 0.15) is 23.7 Å². The average Bonchev–Trinajstić information content (AvgIpc) is 2.59. The molecule has 0 spiro atoms. The topological polar surface area (TPSA) is 83.6 Å². The van der Waals surface area contributed by atoms with Crippen molar-refractivity contribution >= 4 is 11.8 Å². The van der Waals surface area contributed by atoms with Gasteiger partial charge in [-0.3, -0.25) is 9.59 Å². The SMILES string of the molecule is NC(=O)CCN(Cc1ccccc1)C(=O)C(O)c1ccccc1. The highest BCUT2D eigenvalue weighted by molar-refractivity contribution is 5.83. The Balaban J connectivity index is 2.14. The van der Waals surface area contributed by atoms with Crippen LogP contribution in [0, 0.1) is 0 Å². The molecule has 0 heterocycles. The number of aliphatic hydroxyl groups excluding tert-OH is 1. The Bertz CT molecular complexity index is 644. The number of nitrogens with two attached hydrogens (primary N) is 1. The molecule has 0 saturated carbocycles. The molecule has 2 aromatic carbocycles. The molecule has 23 heavy (non-hydrogen) atoms. The van der Waals surface area contributed by atoms with Crippen LogP contribution in [0.15, 0.2) is 60.7 Å². The maximum Gasteiger partial charge on any atom is 0.256 e. The summed E-state index contributed by atoms with van der Waals surface area (Å²) < 4.78 is 0. The van der Waals surface area contributed by atoms with Gasteiger partial charge >= 0.3 is 0 Å². The van der Waals surface area contributed by atoms with Crippen molar-refractivity contribution < 1.29 is 14.7 Å². The van der Waals surface area contributed by atoms with Gasteiger partial charge < -0.3 is 15.7 Å². The van der Waals surface area contributed by atoms with Crippen molar-refractivity contribution in [2.45, 2.75) is 19.1 Å². The van der Waals surface area contributed by atoms with Crippen LogP contribution in [0.5, 0.6) is 0 Å². The molecule has 2 aromatic rings. The lowest BCUT2D eigenvalue weighted by atomic mass is 10.1. The second-order valence-electron chi connectivity index (χ2n) is 5.27. The molecular formula is C18H20N2O3. The molecule has 120 valence electrons. The van der Waals surface area contributed by atoms with Crippen molar-refractivity contribution in [1.29, 1.82) is 0 Å². The lowest BCUT2D eigenvalue weighted by Gasteiger charge is -2.25. The van der Waals surface area contributed by atoms with Gasteiger partial charge in [0.05, 0.1) is 0 Å². The minimum atomic E-state index is -1.26. The van der Waals surface area contributed by atoms with Gasteiger partial charge in [0.25, 0.3) is 5.91 Å². The first-order valence-corrected chi connectivity index (χ1v) is 7.42. The van der Waals surface area contributed by atoms with E-state index in [1.807, 2.05) is 36.4 Å². The van der Waals surface area contributed by atoms with Crippen molar-refractivity contribution in [2.75, 3.05) is 6.54 Å². The fraction of sp³-hybridized carbons (Fsp3) is 0.222. The van der Waals surface area contributed by atoms with Gasteiger partial charge in [0.15, 0.2) is 6.10 Å². The zero-order chi connectivity index (χ0) is 16.7. The largest absolute Gasteiger partial charge is 0.378 e. The highest BCUT2D eigenvalue weighted by Crippen LogP contribution is 2.17. The van der Waals surface area contributed by atoms with Crippen LogP contribution < -0.4 is 5.73 Å². The summed E-state index contributed by atoms with van der Waals surface area (Å²) in [7, 11) is 0. The lowest BCUT2D eigenvalue weighted by molar-refractivity contribution is -0.141. The van der Waals surface area contributed by atoms with Gasteiger partial charge in [0.2, 0.25) is 5.91 Å². The number of carbonyl (C=O) groups is 2. The maximum absolute atomic E-state index is 12.6. The van der Waals surface area contributed by atoms with Crippen LogP contribution in [-0.4, -0.2) is 28.4 Å². The number of amides is 2. The summed E-state index contributed by atoms with van der Waals surface area (Å²) in [5.74, 6) is -0.925. The van der Waals surface area contributed by atoms with E-state index < -0.39 is 17.9 Å². The first-order valence-electron chi connectivity index (χ1n) is 7.42. The van der Waals surface area contributed by atoms with E-state index in [2.05, 4.69) is 0 Å². The molecule has 1 atom stereocenters. The van der Waals surface area contributed by atoms with Crippen molar-refractivity contribution in [1.82, 2.24) is 4.90 Å². The Hall–Kier alpha value is -2.66. The van der Waals surface area contributed by atoms with E-state index in [0.29, 0.717) is 12.1 Å². The zero-order valence-corrected chi connectivity index (χ0v) is 12.8. The molecular weight excluding hydrogens is 292 g/mol. The molecule has 0 saturated heterocycles. The molecule has 0 bridgehead atoms. The van der Waals surface area contributed by atoms with E-state index in [1.165, 1.54) is 4.90 Å². The van der Waals surface area contributed by atoms with Gasteiger partial charge in [-0.1, -0.05) is 60.7 Å². The Labute approximate surface area is 135 Å². The predicted molar refractivity (Wildman–Crippen MR) is 87.1 cm³/mol. The van der Waals surface area contributed by atoms with Gasteiger partial charge in [-0.15, -0.1) is 0 Å². The molecule has 5 nitrogen and oxygen atoms in total. The first-order chi connectivity index (χ1) is 11.1. The molecule has 0 aromatic heterocycles. The molecule has 0 radical (unpaired) electrons. The molecule has 0 aliphatic rings. The summed E-state index contributed by atoms with van der Waals surface area (Å²) >= 11 is 0.